The van der Waals surface area contributed by atoms with Gasteiger partial charge in [-0.1, -0.05) is 37.3 Å². The first-order valence-corrected chi connectivity index (χ1v) is 12.1. The van der Waals surface area contributed by atoms with Crippen LogP contribution in [0.5, 0.6) is 0 Å². The van der Waals surface area contributed by atoms with Gasteiger partial charge in [-0.15, -0.1) is 0 Å². The summed E-state index contributed by atoms with van der Waals surface area (Å²) >= 11 is 0. The molecule has 1 aliphatic rings. The van der Waals surface area contributed by atoms with Crippen LogP contribution in [0.3, 0.4) is 0 Å². The van der Waals surface area contributed by atoms with Crippen LogP contribution in [0.1, 0.15) is 42.1 Å². The van der Waals surface area contributed by atoms with Crippen LogP contribution in [0, 0.1) is 0 Å². The van der Waals surface area contributed by atoms with Crippen molar-refractivity contribution in [3.63, 3.8) is 0 Å². The number of benzene rings is 2. The van der Waals surface area contributed by atoms with Gasteiger partial charge in [-0.25, -0.2) is 13.6 Å². The summed E-state index contributed by atoms with van der Waals surface area (Å²) in [7, 11) is -3.75. The smallest absolute Gasteiger partial charge is 0.253 e. The van der Waals surface area contributed by atoms with Gasteiger partial charge in [0.25, 0.3) is 5.91 Å². The standard InChI is InChI=1S/C23H29N3O4S/c1-2-14-26(22(27)17-18-8-10-21(11-9-18)31(24,29)30)20-12-15-25(16-13-20)23(28)19-6-4-3-5-7-19/h3-11,20H,2,12-17H2,1H3,(H2,24,29,30). The fourth-order valence-electron chi connectivity index (χ4n) is 3.97. The Kier molecular flexibility index (Phi) is 7.46. The Morgan fingerprint density at radius 2 is 1.65 bits per heavy atom. The SMILES string of the molecule is CCCN(C(=O)Cc1ccc(S(N)(=O)=O)cc1)C1CCN(C(=O)c2ccccc2)CC1. The number of nitrogens with two attached hydrogens (primary N) is 1. The molecule has 7 nitrogen and oxygen atoms in total. The summed E-state index contributed by atoms with van der Waals surface area (Å²) in [4.78, 5) is 29.5. The molecule has 0 aliphatic carbocycles. The lowest BCUT2D eigenvalue weighted by atomic mass is 10.0. The van der Waals surface area contributed by atoms with Crippen molar-refractivity contribution in [3.05, 3.63) is 65.7 Å². The molecule has 2 aromatic rings. The number of carbonyl (C=O) groups excluding carboxylic acids is 2. The quantitative estimate of drug-likeness (QED) is 0.710. The summed E-state index contributed by atoms with van der Waals surface area (Å²) < 4.78 is 22.8. The second kappa shape index (κ2) is 10.1. The highest BCUT2D eigenvalue weighted by molar-refractivity contribution is 7.89. The van der Waals surface area contributed by atoms with Crippen molar-refractivity contribution in [1.29, 1.82) is 0 Å². The molecule has 2 amide bonds. The lowest BCUT2D eigenvalue weighted by molar-refractivity contribution is -0.133. The number of nitrogens with zero attached hydrogens (tertiary/aromatic N) is 2. The maximum atomic E-state index is 13.0. The second-order valence-electron chi connectivity index (χ2n) is 7.84. The van der Waals surface area contributed by atoms with E-state index in [0.717, 1.165) is 24.8 Å². The number of primary sulfonamides is 1. The molecule has 1 fully saturated rings. The normalized spacial score (nSPS) is 15.0. The minimum Gasteiger partial charge on any atom is -0.339 e. The average Bonchev–Trinajstić information content (AvgIpc) is 2.77. The van der Waals surface area contributed by atoms with Crippen molar-refractivity contribution >= 4 is 21.8 Å². The Morgan fingerprint density at radius 3 is 2.19 bits per heavy atom. The molecular formula is C23H29N3O4S. The molecule has 0 radical (unpaired) electrons. The number of hydrogen-bond donors (Lipinski definition) is 1. The fourth-order valence-corrected chi connectivity index (χ4v) is 4.48. The summed E-state index contributed by atoms with van der Waals surface area (Å²) in [5, 5.41) is 5.13. The van der Waals surface area contributed by atoms with Crippen molar-refractivity contribution < 1.29 is 18.0 Å². The Balaban J connectivity index is 1.61. The van der Waals surface area contributed by atoms with Gasteiger partial charge >= 0.3 is 0 Å². The number of carbonyl (C=O) groups is 2. The van der Waals surface area contributed by atoms with Crippen molar-refractivity contribution in [2.45, 2.75) is 43.5 Å². The Labute approximate surface area is 183 Å². The first-order valence-electron chi connectivity index (χ1n) is 10.5. The van der Waals surface area contributed by atoms with Crippen molar-refractivity contribution in [3.8, 4) is 0 Å². The van der Waals surface area contributed by atoms with Gasteiger partial charge in [0.1, 0.15) is 0 Å². The lowest BCUT2D eigenvalue weighted by Crippen LogP contribution is -2.49. The van der Waals surface area contributed by atoms with Crippen LogP contribution >= 0.6 is 0 Å². The molecule has 0 unspecified atom stereocenters. The van der Waals surface area contributed by atoms with Gasteiger partial charge in [0.15, 0.2) is 0 Å². The monoisotopic (exact) mass is 443 g/mol. The van der Waals surface area contributed by atoms with Gasteiger partial charge in [-0.2, -0.15) is 0 Å². The van der Waals surface area contributed by atoms with Crippen molar-refractivity contribution in [1.82, 2.24) is 9.80 Å². The number of piperidine rings is 1. The predicted octanol–water partition coefficient (Wildman–Crippen LogP) is 2.42. The molecule has 31 heavy (non-hydrogen) atoms. The largest absolute Gasteiger partial charge is 0.339 e. The van der Waals surface area contributed by atoms with Gasteiger partial charge in [0.2, 0.25) is 15.9 Å². The third kappa shape index (κ3) is 5.92. The molecular weight excluding hydrogens is 414 g/mol. The number of hydrogen-bond acceptors (Lipinski definition) is 4. The third-order valence-corrected chi connectivity index (χ3v) is 6.53. The molecule has 0 spiro atoms. The molecule has 1 heterocycles. The number of sulfonamides is 1. The van der Waals surface area contributed by atoms with E-state index in [4.69, 9.17) is 5.14 Å². The van der Waals surface area contributed by atoms with Crippen molar-refractivity contribution in [2.24, 2.45) is 5.14 Å². The molecule has 166 valence electrons. The summed E-state index contributed by atoms with van der Waals surface area (Å²) in [5.74, 6) is 0.0420. The summed E-state index contributed by atoms with van der Waals surface area (Å²) in [5.41, 5.74) is 1.43. The van der Waals surface area contributed by atoms with Crippen LogP contribution in [0.4, 0.5) is 0 Å². The number of likely N-dealkylation sites (tertiary alicyclic amines) is 1. The Hall–Kier alpha value is -2.71. The summed E-state index contributed by atoms with van der Waals surface area (Å²) in [6, 6.07) is 15.5. The minimum absolute atomic E-state index is 0.0121. The zero-order valence-corrected chi connectivity index (χ0v) is 18.6. The van der Waals surface area contributed by atoms with E-state index < -0.39 is 10.0 Å². The van der Waals surface area contributed by atoms with Gasteiger partial charge in [-0.3, -0.25) is 9.59 Å². The van der Waals surface area contributed by atoms with E-state index in [-0.39, 0.29) is 29.2 Å². The molecule has 0 bridgehead atoms. The highest BCUT2D eigenvalue weighted by Gasteiger charge is 2.29. The number of rotatable bonds is 7. The molecule has 2 aromatic carbocycles. The average molecular weight is 444 g/mol. The molecule has 2 N–H and O–H groups in total. The van der Waals surface area contributed by atoms with Crippen LogP contribution in [-0.4, -0.2) is 55.7 Å². The van der Waals surface area contributed by atoms with Gasteiger partial charge in [0, 0.05) is 31.2 Å². The molecule has 0 atom stereocenters. The fraction of sp³-hybridized carbons (Fsp3) is 0.391. The summed E-state index contributed by atoms with van der Waals surface area (Å²) in [6.45, 7) is 3.94. The highest BCUT2D eigenvalue weighted by Crippen LogP contribution is 2.20. The molecule has 1 aliphatic heterocycles. The van der Waals surface area contributed by atoms with Gasteiger partial charge in [-0.05, 0) is 49.1 Å². The van der Waals surface area contributed by atoms with Crippen LogP contribution in [-0.2, 0) is 21.2 Å². The lowest BCUT2D eigenvalue weighted by Gasteiger charge is -2.38. The van der Waals surface area contributed by atoms with E-state index in [9.17, 15) is 18.0 Å². The Bertz CT molecular complexity index is 999. The summed E-state index contributed by atoms with van der Waals surface area (Å²) in [6.07, 6.45) is 2.54. The van der Waals surface area contributed by atoms with E-state index in [0.29, 0.717) is 25.2 Å². The Morgan fingerprint density at radius 1 is 1.03 bits per heavy atom. The predicted molar refractivity (Wildman–Crippen MR) is 119 cm³/mol. The molecule has 3 rings (SSSR count). The van der Waals surface area contributed by atoms with Crippen LogP contribution in [0.15, 0.2) is 59.5 Å². The maximum Gasteiger partial charge on any atom is 0.253 e. The zero-order chi connectivity index (χ0) is 22.4. The van der Waals surface area contributed by atoms with Crippen LogP contribution in [0.2, 0.25) is 0 Å². The van der Waals surface area contributed by atoms with Crippen molar-refractivity contribution in [2.75, 3.05) is 19.6 Å². The minimum atomic E-state index is -3.75. The van der Waals surface area contributed by atoms with E-state index >= 15 is 0 Å². The molecule has 0 saturated carbocycles. The molecule has 0 aromatic heterocycles. The van der Waals surface area contributed by atoms with Gasteiger partial charge < -0.3 is 9.80 Å². The first-order chi connectivity index (χ1) is 14.8. The highest BCUT2D eigenvalue weighted by atomic mass is 32.2. The topological polar surface area (TPSA) is 101 Å². The second-order valence-corrected chi connectivity index (χ2v) is 9.40. The number of amides is 2. The maximum absolute atomic E-state index is 13.0. The van der Waals surface area contributed by atoms with E-state index in [1.54, 1.807) is 12.1 Å². The molecule has 1 saturated heterocycles. The van der Waals surface area contributed by atoms with Crippen LogP contribution in [0.25, 0.3) is 0 Å². The van der Waals surface area contributed by atoms with E-state index in [1.165, 1.54) is 12.1 Å². The van der Waals surface area contributed by atoms with Gasteiger partial charge in [0.05, 0.1) is 11.3 Å². The zero-order valence-electron chi connectivity index (χ0n) is 17.7. The van der Waals surface area contributed by atoms with E-state index in [1.807, 2.05) is 47.1 Å². The molecule has 8 heteroatoms. The van der Waals surface area contributed by atoms with E-state index in [2.05, 4.69) is 0 Å². The third-order valence-electron chi connectivity index (χ3n) is 5.61. The first kappa shape index (κ1) is 23.0. The van der Waals surface area contributed by atoms with Crippen LogP contribution < -0.4 is 5.14 Å².